The minimum Gasteiger partial charge on any atom is -0.311 e. The number of benzene rings is 1. The second-order valence-electron chi connectivity index (χ2n) is 5.69. The maximum Gasteiger partial charge on any atom is 0.0541 e. The van der Waals surface area contributed by atoms with E-state index in [1.54, 1.807) is 0 Å². The summed E-state index contributed by atoms with van der Waals surface area (Å²) < 4.78 is 0. The Labute approximate surface area is 132 Å². The van der Waals surface area contributed by atoms with E-state index in [4.69, 9.17) is 11.6 Å². The molecule has 1 heterocycles. The standard InChI is InChI=1S/C18H23ClN2/c1-14(2)18(15-6-8-16(19)9-7-15)10-12-20-13-17-5-3-4-11-21-17/h3-9,11,14,18,20H,10,12-13H2,1-2H3/t18-/m0/s1. The zero-order valence-electron chi connectivity index (χ0n) is 12.7. The van der Waals surface area contributed by atoms with Crippen molar-refractivity contribution in [3.05, 3.63) is 64.9 Å². The number of pyridine rings is 1. The summed E-state index contributed by atoms with van der Waals surface area (Å²) in [6.45, 7) is 6.37. The first-order valence-corrected chi connectivity index (χ1v) is 7.90. The number of hydrogen-bond acceptors (Lipinski definition) is 2. The van der Waals surface area contributed by atoms with Crippen LogP contribution in [0.1, 0.15) is 37.4 Å². The fourth-order valence-electron chi connectivity index (χ4n) is 2.57. The highest BCUT2D eigenvalue weighted by Crippen LogP contribution is 2.28. The molecule has 1 aromatic heterocycles. The molecule has 1 atom stereocenters. The van der Waals surface area contributed by atoms with Crippen molar-refractivity contribution in [1.82, 2.24) is 10.3 Å². The van der Waals surface area contributed by atoms with E-state index >= 15 is 0 Å². The van der Waals surface area contributed by atoms with Crippen molar-refractivity contribution in [3.8, 4) is 0 Å². The molecular weight excluding hydrogens is 280 g/mol. The Balaban J connectivity index is 1.85. The zero-order valence-corrected chi connectivity index (χ0v) is 13.5. The highest BCUT2D eigenvalue weighted by atomic mass is 35.5. The number of rotatable bonds is 7. The van der Waals surface area contributed by atoms with Crippen molar-refractivity contribution < 1.29 is 0 Å². The Kier molecular flexibility index (Phi) is 6.21. The van der Waals surface area contributed by atoms with Crippen molar-refractivity contribution in [2.45, 2.75) is 32.7 Å². The van der Waals surface area contributed by atoms with Crippen LogP contribution < -0.4 is 5.32 Å². The molecule has 2 aromatic rings. The lowest BCUT2D eigenvalue weighted by atomic mass is 9.86. The van der Waals surface area contributed by atoms with Gasteiger partial charge in [-0.15, -0.1) is 0 Å². The summed E-state index contributed by atoms with van der Waals surface area (Å²) in [7, 11) is 0. The Morgan fingerprint density at radius 3 is 2.48 bits per heavy atom. The van der Waals surface area contributed by atoms with E-state index in [9.17, 15) is 0 Å². The van der Waals surface area contributed by atoms with Gasteiger partial charge in [0.25, 0.3) is 0 Å². The lowest BCUT2D eigenvalue weighted by Gasteiger charge is -2.21. The van der Waals surface area contributed by atoms with Crippen LogP contribution in [0.25, 0.3) is 0 Å². The van der Waals surface area contributed by atoms with Crippen LogP contribution in [0.2, 0.25) is 5.02 Å². The fourth-order valence-corrected chi connectivity index (χ4v) is 2.70. The maximum atomic E-state index is 5.97. The molecule has 0 aliphatic rings. The van der Waals surface area contributed by atoms with Gasteiger partial charge in [0.1, 0.15) is 0 Å². The van der Waals surface area contributed by atoms with Gasteiger partial charge in [0.05, 0.1) is 5.69 Å². The van der Waals surface area contributed by atoms with Crippen molar-refractivity contribution >= 4 is 11.6 Å². The number of halogens is 1. The van der Waals surface area contributed by atoms with E-state index in [0.717, 1.165) is 30.2 Å². The third-order valence-electron chi connectivity index (χ3n) is 3.77. The monoisotopic (exact) mass is 302 g/mol. The van der Waals surface area contributed by atoms with Crippen molar-refractivity contribution in [2.75, 3.05) is 6.54 Å². The second-order valence-corrected chi connectivity index (χ2v) is 6.13. The number of nitrogens with zero attached hydrogens (tertiary/aromatic N) is 1. The molecular formula is C18H23ClN2. The molecule has 1 aromatic carbocycles. The average molecular weight is 303 g/mol. The van der Waals surface area contributed by atoms with Gasteiger partial charge in [-0.2, -0.15) is 0 Å². The molecule has 112 valence electrons. The summed E-state index contributed by atoms with van der Waals surface area (Å²) in [6.07, 6.45) is 2.95. The Bertz CT molecular complexity index is 523. The molecule has 0 saturated heterocycles. The first-order valence-electron chi connectivity index (χ1n) is 7.53. The predicted molar refractivity (Wildman–Crippen MR) is 89.6 cm³/mol. The van der Waals surface area contributed by atoms with Crippen LogP contribution in [0.5, 0.6) is 0 Å². The highest BCUT2D eigenvalue weighted by molar-refractivity contribution is 6.30. The van der Waals surface area contributed by atoms with Gasteiger partial charge in [-0.3, -0.25) is 4.98 Å². The lowest BCUT2D eigenvalue weighted by molar-refractivity contribution is 0.451. The second kappa shape index (κ2) is 8.16. The molecule has 0 bridgehead atoms. The summed E-state index contributed by atoms with van der Waals surface area (Å²) in [4.78, 5) is 4.32. The molecule has 0 saturated carbocycles. The molecule has 2 nitrogen and oxygen atoms in total. The lowest BCUT2D eigenvalue weighted by Crippen LogP contribution is -2.19. The number of hydrogen-bond donors (Lipinski definition) is 1. The third-order valence-corrected chi connectivity index (χ3v) is 4.02. The molecule has 3 heteroatoms. The molecule has 0 fully saturated rings. The summed E-state index contributed by atoms with van der Waals surface area (Å²) in [5.74, 6) is 1.17. The first-order chi connectivity index (χ1) is 10.2. The Morgan fingerprint density at radius 2 is 1.86 bits per heavy atom. The largest absolute Gasteiger partial charge is 0.311 e. The SMILES string of the molecule is CC(C)[C@H](CCNCc1ccccn1)c1ccc(Cl)cc1. The molecule has 0 radical (unpaired) electrons. The normalized spacial score (nSPS) is 12.6. The molecule has 21 heavy (non-hydrogen) atoms. The summed E-state index contributed by atoms with van der Waals surface area (Å²) in [5.41, 5.74) is 2.46. The van der Waals surface area contributed by atoms with Crippen LogP contribution >= 0.6 is 11.6 Å². The number of nitrogens with one attached hydrogen (secondary N) is 1. The Hall–Kier alpha value is -1.38. The van der Waals surface area contributed by atoms with Gasteiger partial charge < -0.3 is 5.32 Å². The first kappa shape index (κ1) is 16.0. The van der Waals surface area contributed by atoms with Gasteiger partial charge in [-0.05, 0) is 54.6 Å². The molecule has 0 unspecified atom stereocenters. The van der Waals surface area contributed by atoms with E-state index in [-0.39, 0.29) is 0 Å². The van der Waals surface area contributed by atoms with Gasteiger partial charge in [0.15, 0.2) is 0 Å². The average Bonchev–Trinajstić information content (AvgIpc) is 2.49. The fraction of sp³-hybridized carbons (Fsp3) is 0.389. The molecule has 2 rings (SSSR count). The van der Waals surface area contributed by atoms with Crippen LogP contribution in [0.4, 0.5) is 0 Å². The van der Waals surface area contributed by atoms with Crippen LogP contribution in [0.3, 0.4) is 0 Å². The summed E-state index contributed by atoms with van der Waals surface area (Å²) >= 11 is 5.97. The van der Waals surface area contributed by atoms with E-state index in [2.05, 4.69) is 36.3 Å². The van der Waals surface area contributed by atoms with E-state index in [1.165, 1.54) is 5.56 Å². The maximum absolute atomic E-state index is 5.97. The van der Waals surface area contributed by atoms with Crippen LogP contribution in [0.15, 0.2) is 48.7 Å². The van der Waals surface area contributed by atoms with Crippen LogP contribution in [-0.2, 0) is 6.54 Å². The van der Waals surface area contributed by atoms with E-state index in [0.29, 0.717) is 11.8 Å². The van der Waals surface area contributed by atoms with Crippen molar-refractivity contribution in [3.63, 3.8) is 0 Å². The molecule has 0 spiro atoms. The summed E-state index contributed by atoms with van der Waals surface area (Å²) in [5, 5.41) is 4.28. The molecule has 0 aliphatic heterocycles. The number of aromatic nitrogens is 1. The minimum atomic E-state index is 0.554. The quantitative estimate of drug-likeness (QED) is 0.753. The van der Waals surface area contributed by atoms with Gasteiger partial charge >= 0.3 is 0 Å². The minimum absolute atomic E-state index is 0.554. The molecule has 0 aliphatic carbocycles. The van der Waals surface area contributed by atoms with Gasteiger partial charge in [-0.1, -0.05) is 43.6 Å². The van der Waals surface area contributed by atoms with E-state index in [1.807, 2.05) is 36.5 Å². The van der Waals surface area contributed by atoms with Gasteiger partial charge in [-0.25, -0.2) is 0 Å². The summed E-state index contributed by atoms with van der Waals surface area (Å²) in [6, 6.07) is 14.3. The van der Waals surface area contributed by atoms with Crippen LogP contribution in [-0.4, -0.2) is 11.5 Å². The predicted octanol–water partition coefficient (Wildman–Crippen LogP) is 4.65. The van der Waals surface area contributed by atoms with Gasteiger partial charge in [0.2, 0.25) is 0 Å². The van der Waals surface area contributed by atoms with Crippen molar-refractivity contribution in [1.29, 1.82) is 0 Å². The Morgan fingerprint density at radius 1 is 1.10 bits per heavy atom. The van der Waals surface area contributed by atoms with Crippen LogP contribution in [0, 0.1) is 5.92 Å². The van der Waals surface area contributed by atoms with E-state index < -0.39 is 0 Å². The third kappa shape index (κ3) is 5.14. The smallest absolute Gasteiger partial charge is 0.0541 e. The van der Waals surface area contributed by atoms with Gasteiger partial charge in [0, 0.05) is 17.8 Å². The highest BCUT2D eigenvalue weighted by Gasteiger charge is 2.15. The topological polar surface area (TPSA) is 24.9 Å². The zero-order chi connectivity index (χ0) is 15.1. The van der Waals surface area contributed by atoms with Crippen molar-refractivity contribution in [2.24, 2.45) is 5.92 Å². The molecule has 0 amide bonds. The molecule has 1 N–H and O–H groups in total.